The van der Waals surface area contributed by atoms with Crippen molar-refractivity contribution in [2.24, 2.45) is 0 Å². The quantitative estimate of drug-likeness (QED) is 0.344. The van der Waals surface area contributed by atoms with E-state index in [4.69, 9.17) is 14.5 Å². The lowest BCUT2D eigenvalue weighted by molar-refractivity contribution is 0.0673. The number of aryl methyl sites for hydroxylation is 1. The van der Waals surface area contributed by atoms with Gasteiger partial charge in [0, 0.05) is 43.4 Å². The fourth-order valence-corrected chi connectivity index (χ4v) is 5.72. The number of nitrogens with zero attached hydrogens (tertiary/aromatic N) is 2. The fourth-order valence-electron chi connectivity index (χ4n) is 5.72. The first kappa shape index (κ1) is 25.1. The molecule has 192 valence electrons. The van der Waals surface area contributed by atoms with Gasteiger partial charge >= 0.3 is 0 Å². The molecule has 5 rings (SSSR count). The number of aromatic amines is 1. The summed E-state index contributed by atoms with van der Waals surface area (Å²) in [4.78, 5) is 11.5. The second-order valence-electron chi connectivity index (χ2n) is 9.79. The van der Waals surface area contributed by atoms with Gasteiger partial charge in [0.25, 0.3) is 0 Å². The van der Waals surface area contributed by atoms with Crippen molar-refractivity contribution in [3.8, 4) is 22.9 Å². The Kier molecular flexibility index (Phi) is 7.31. The molecule has 1 atom stereocenters. The van der Waals surface area contributed by atoms with Crippen LogP contribution in [0.15, 0.2) is 78.9 Å². The highest BCUT2D eigenvalue weighted by molar-refractivity contribution is 5.57. The standard InChI is InChI=1S/C31H36N4O2/c1-22-29(34-30(33-22)25-8-6-5-7-9-25)31(2,35-20-18-32-19-21-35)28(23-10-14-26(36-3)15-11-23)24-12-16-27(37-4)17-13-24/h5-17,28,32H,18-21H2,1-4H3,(H,33,34). The Labute approximate surface area is 219 Å². The van der Waals surface area contributed by atoms with E-state index in [0.29, 0.717) is 0 Å². The van der Waals surface area contributed by atoms with Crippen molar-refractivity contribution in [1.29, 1.82) is 0 Å². The van der Waals surface area contributed by atoms with Gasteiger partial charge < -0.3 is 19.8 Å². The van der Waals surface area contributed by atoms with E-state index < -0.39 is 5.54 Å². The van der Waals surface area contributed by atoms with Crippen LogP contribution in [-0.2, 0) is 5.54 Å². The highest BCUT2D eigenvalue weighted by atomic mass is 16.5. The van der Waals surface area contributed by atoms with Crippen LogP contribution < -0.4 is 14.8 Å². The number of hydrogen-bond donors (Lipinski definition) is 2. The van der Waals surface area contributed by atoms with Crippen LogP contribution in [-0.4, -0.2) is 55.3 Å². The summed E-state index contributed by atoms with van der Waals surface area (Å²) >= 11 is 0. The third kappa shape index (κ3) is 4.87. The molecule has 1 fully saturated rings. The minimum atomic E-state index is -0.418. The first-order chi connectivity index (χ1) is 18.0. The predicted molar refractivity (Wildman–Crippen MR) is 148 cm³/mol. The van der Waals surface area contributed by atoms with Crippen molar-refractivity contribution < 1.29 is 9.47 Å². The maximum absolute atomic E-state index is 5.49. The Morgan fingerprint density at radius 2 is 1.35 bits per heavy atom. The molecule has 1 saturated heterocycles. The Morgan fingerprint density at radius 1 is 0.811 bits per heavy atom. The summed E-state index contributed by atoms with van der Waals surface area (Å²) in [5.41, 5.74) is 5.27. The predicted octanol–water partition coefficient (Wildman–Crippen LogP) is 5.35. The van der Waals surface area contributed by atoms with Crippen molar-refractivity contribution in [3.05, 3.63) is 101 Å². The summed E-state index contributed by atoms with van der Waals surface area (Å²) in [6.07, 6.45) is 0. The summed E-state index contributed by atoms with van der Waals surface area (Å²) in [5.74, 6) is 2.62. The Hall–Kier alpha value is -3.61. The van der Waals surface area contributed by atoms with Gasteiger partial charge in [0.05, 0.1) is 25.5 Å². The fraction of sp³-hybridized carbons (Fsp3) is 0.323. The van der Waals surface area contributed by atoms with Crippen molar-refractivity contribution in [2.45, 2.75) is 25.3 Å². The SMILES string of the molecule is COc1ccc(C(c2ccc(OC)cc2)C(C)(c2nc(-c3ccccc3)[nH]c2C)N2CCNCC2)cc1. The topological polar surface area (TPSA) is 62.4 Å². The molecule has 2 heterocycles. The zero-order chi connectivity index (χ0) is 25.8. The Bertz CT molecular complexity index is 1250. The molecule has 1 aliphatic rings. The van der Waals surface area contributed by atoms with E-state index in [0.717, 1.165) is 60.5 Å². The first-order valence-electron chi connectivity index (χ1n) is 12.9. The summed E-state index contributed by atoms with van der Waals surface area (Å²) < 4.78 is 11.0. The number of aromatic nitrogens is 2. The first-order valence-corrected chi connectivity index (χ1v) is 12.9. The molecule has 0 amide bonds. The van der Waals surface area contributed by atoms with Gasteiger partial charge in [0.15, 0.2) is 0 Å². The average Bonchev–Trinajstić information content (AvgIpc) is 3.37. The highest BCUT2D eigenvalue weighted by Gasteiger charge is 2.46. The molecule has 1 unspecified atom stereocenters. The molecule has 6 nitrogen and oxygen atoms in total. The van der Waals surface area contributed by atoms with E-state index in [2.05, 4.69) is 102 Å². The molecule has 6 heteroatoms. The molecule has 4 aromatic rings. The van der Waals surface area contributed by atoms with E-state index in [-0.39, 0.29) is 5.92 Å². The van der Waals surface area contributed by atoms with E-state index in [9.17, 15) is 0 Å². The molecule has 0 spiro atoms. The number of ether oxygens (including phenoxy) is 2. The molecular formula is C31H36N4O2. The van der Waals surface area contributed by atoms with Crippen LogP contribution in [0, 0.1) is 6.92 Å². The molecule has 0 saturated carbocycles. The summed E-state index contributed by atoms with van der Waals surface area (Å²) in [6, 6.07) is 27.3. The van der Waals surface area contributed by atoms with Crippen molar-refractivity contribution >= 4 is 0 Å². The Balaban J connectivity index is 1.72. The Morgan fingerprint density at radius 3 is 1.86 bits per heavy atom. The van der Waals surface area contributed by atoms with Crippen LogP contribution in [0.1, 0.15) is 35.4 Å². The van der Waals surface area contributed by atoms with E-state index in [1.165, 1.54) is 11.1 Å². The number of hydrogen-bond acceptors (Lipinski definition) is 5. The normalized spacial score (nSPS) is 15.9. The van der Waals surface area contributed by atoms with Crippen molar-refractivity contribution in [1.82, 2.24) is 20.2 Å². The van der Waals surface area contributed by atoms with Gasteiger partial charge in [-0.25, -0.2) is 4.98 Å². The largest absolute Gasteiger partial charge is 0.497 e. The van der Waals surface area contributed by atoms with Gasteiger partial charge in [0.2, 0.25) is 0 Å². The van der Waals surface area contributed by atoms with E-state index in [1.54, 1.807) is 14.2 Å². The van der Waals surface area contributed by atoms with Crippen LogP contribution in [0.25, 0.3) is 11.4 Å². The molecule has 1 aliphatic heterocycles. The van der Waals surface area contributed by atoms with Crippen molar-refractivity contribution in [3.63, 3.8) is 0 Å². The third-order valence-corrected chi connectivity index (χ3v) is 7.65. The van der Waals surface area contributed by atoms with Gasteiger partial charge in [-0.05, 0) is 49.2 Å². The second-order valence-corrected chi connectivity index (χ2v) is 9.79. The molecule has 2 N–H and O–H groups in total. The maximum Gasteiger partial charge on any atom is 0.137 e. The van der Waals surface area contributed by atoms with Crippen LogP contribution in [0.5, 0.6) is 11.5 Å². The van der Waals surface area contributed by atoms with E-state index in [1.807, 2.05) is 6.07 Å². The summed E-state index contributed by atoms with van der Waals surface area (Å²) in [5, 5.41) is 3.53. The lowest BCUT2D eigenvalue weighted by Crippen LogP contribution is -2.56. The third-order valence-electron chi connectivity index (χ3n) is 7.65. The number of imidazole rings is 1. The number of piperazine rings is 1. The van der Waals surface area contributed by atoms with Crippen LogP contribution in [0.3, 0.4) is 0 Å². The minimum Gasteiger partial charge on any atom is -0.497 e. The average molecular weight is 497 g/mol. The number of benzene rings is 3. The van der Waals surface area contributed by atoms with Gasteiger partial charge in [-0.3, -0.25) is 4.90 Å². The van der Waals surface area contributed by atoms with Crippen LogP contribution in [0.2, 0.25) is 0 Å². The molecule has 0 aliphatic carbocycles. The monoisotopic (exact) mass is 496 g/mol. The molecule has 1 aromatic heterocycles. The molecule has 3 aromatic carbocycles. The van der Waals surface area contributed by atoms with Crippen LogP contribution in [0.4, 0.5) is 0 Å². The van der Waals surface area contributed by atoms with Gasteiger partial charge in [-0.15, -0.1) is 0 Å². The minimum absolute atomic E-state index is 0.0213. The summed E-state index contributed by atoms with van der Waals surface area (Å²) in [7, 11) is 3.41. The zero-order valence-electron chi connectivity index (χ0n) is 22.1. The van der Waals surface area contributed by atoms with Crippen molar-refractivity contribution in [2.75, 3.05) is 40.4 Å². The molecule has 0 radical (unpaired) electrons. The lowest BCUT2D eigenvalue weighted by atomic mass is 9.72. The van der Waals surface area contributed by atoms with Crippen LogP contribution >= 0.6 is 0 Å². The number of nitrogens with one attached hydrogen (secondary N) is 2. The maximum atomic E-state index is 5.49. The number of methoxy groups -OCH3 is 2. The van der Waals surface area contributed by atoms with E-state index >= 15 is 0 Å². The lowest BCUT2D eigenvalue weighted by Gasteiger charge is -2.48. The van der Waals surface area contributed by atoms with Gasteiger partial charge in [-0.2, -0.15) is 0 Å². The molecule has 37 heavy (non-hydrogen) atoms. The number of rotatable bonds is 8. The zero-order valence-corrected chi connectivity index (χ0v) is 22.1. The number of H-pyrrole nitrogens is 1. The molecular weight excluding hydrogens is 460 g/mol. The van der Waals surface area contributed by atoms with Gasteiger partial charge in [0.1, 0.15) is 17.3 Å². The van der Waals surface area contributed by atoms with Gasteiger partial charge in [-0.1, -0.05) is 54.6 Å². The smallest absolute Gasteiger partial charge is 0.137 e. The summed E-state index contributed by atoms with van der Waals surface area (Å²) in [6.45, 7) is 8.27. The second kappa shape index (κ2) is 10.8. The highest BCUT2D eigenvalue weighted by Crippen LogP contribution is 2.47. The molecule has 0 bridgehead atoms.